The lowest BCUT2D eigenvalue weighted by Crippen LogP contribution is -2.46. The molecule has 1 aromatic rings. The first kappa shape index (κ1) is 19.2. The highest BCUT2D eigenvalue weighted by Crippen LogP contribution is 2.46. The average Bonchev–Trinajstić information content (AvgIpc) is 3.13. The highest BCUT2D eigenvalue weighted by Gasteiger charge is 2.35. The van der Waals surface area contributed by atoms with Crippen molar-refractivity contribution in [2.45, 2.75) is 70.4 Å². The average molecular weight is 398 g/mol. The van der Waals surface area contributed by atoms with Crippen molar-refractivity contribution in [2.75, 3.05) is 26.3 Å². The number of nitrogens with zero attached hydrogens (tertiary/aromatic N) is 3. The topological polar surface area (TPSA) is 64.5 Å². The summed E-state index contributed by atoms with van der Waals surface area (Å²) in [5, 5.41) is 0. The van der Waals surface area contributed by atoms with E-state index >= 15 is 0 Å². The second-order valence-electron chi connectivity index (χ2n) is 9.01. The maximum atomic E-state index is 12.0. The summed E-state index contributed by atoms with van der Waals surface area (Å²) in [6.07, 6.45) is 10.1. The Labute approximate surface area is 172 Å². The van der Waals surface area contributed by atoms with Crippen LogP contribution in [0, 0.1) is 5.92 Å². The van der Waals surface area contributed by atoms with E-state index < -0.39 is 0 Å². The number of rotatable bonds is 4. The Morgan fingerprint density at radius 1 is 1.14 bits per heavy atom. The van der Waals surface area contributed by atoms with Crippen LogP contribution in [0.4, 0.5) is 0 Å². The quantitative estimate of drug-likeness (QED) is 0.777. The van der Waals surface area contributed by atoms with Crippen LogP contribution in [0.2, 0.25) is 0 Å². The third-order valence-electron chi connectivity index (χ3n) is 7.30. The largest absolute Gasteiger partial charge is 0.474 e. The van der Waals surface area contributed by atoms with Gasteiger partial charge in [-0.15, -0.1) is 0 Å². The lowest BCUT2D eigenvalue weighted by atomic mass is 9.82. The molecule has 2 heterocycles. The molecule has 1 atom stereocenters. The Hall–Kier alpha value is -1.79. The lowest BCUT2D eigenvalue weighted by Gasteiger charge is -2.38. The predicted molar refractivity (Wildman–Crippen MR) is 110 cm³/mol. The number of allylic oxidation sites excluding steroid dienone is 2. The van der Waals surface area contributed by atoms with E-state index in [4.69, 9.17) is 9.47 Å². The summed E-state index contributed by atoms with van der Waals surface area (Å²) >= 11 is 0. The van der Waals surface area contributed by atoms with Gasteiger partial charge < -0.3 is 9.47 Å². The Balaban J connectivity index is 1.27. The number of hydrogen-bond acceptors (Lipinski definition) is 6. The smallest absolute Gasteiger partial charge is 0.224 e. The van der Waals surface area contributed by atoms with Crippen LogP contribution in [-0.4, -0.2) is 59.1 Å². The number of ketones is 1. The van der Waals surface area contributed by atoms with E-state index in [0.29, 0.717) is 11.8 Å². The zero-order valence-corrected chi connectivity index (χ0v) is 17.4. The maximum Gasteiger partial charge on any atom is 0.224 e. The molecular formula is C23H31N3O3. The SMILES string of the molecule is CC(=O)[C@H]1CCC2=C(C1)c1c(ncnc1O[C@H]1CC[C@H](N3CCOCC3)CC1)C2. The number of carbonyl (C=O) groups excluding carboxylic acids is 1. The summed E-state index contributed by atoms with van der Waals surface area (Å²) in [5.74, 6) is 1.18. The van der Waals surface area contributed by atoms with Crippen LogP contribution in [0.5, 0.6) is 5.88 Å². The van der Waals surface area contributed by atoms with E-state index in [1.807, 2.05) is 0 Å². The van der Waals surface area contributed by atoms with Gasteiger partial charge in [-0.25, -0.2) is 9.97 Å². The van der Waals surface area contributed by atoms with Crippen LogP contribution in [0.15, 0.2) is 11.9 Å². The Morgan fingerprint density at radius 3 is 2.69 bits per heavy atom. The fourth-order valence-electron chi connectivity index (χ4n) is 5.57. The number of hydrogen-bond donors (Lipinski definition) is 0. The van der Waals surface area contributed by atoms with E-state index in [1.165, 1.54) is 24.0 Å². The monoisotopic (exact) mass is 397 g/mol. The fourth-order valence-corrected chi connectivity index (χ4v) is 5.57. The summed E-state index contributed by atoms with van der Waals surface area (Å²) < 4.78 is 12.0. The van der Waals surface area contributed by atoms with Crippen molar-refractivity contribution in [1.82, 2.24) is 14.9 Å². The molecule has 1 aromatic heterocycles. The second kappa shape index (κ2) is 8.15. The first-order valence-electron chi connectivity index (χ1n) is 11.2. The predicted octanol–water partition coefficient (Wildman–Crippen LogP) is 3.20. The summed E-state index contributed by atoms with van der Waals surface area (Å²) in [7, 11) is 0. The van der Waals surface area contributed by atoms with Gasteiger partial charge in [0.2, 0.25) is 5.88 Å². The van der Waals surface area contributed by atoms with Gasteiger partial charge in [-0.1, -0.05) is 5.57 Å². The standard InChI is InChI=1S/C23H31N3O3/c1-15(27)16-2-3-17-13-21-22(20(17)12-16)23(25-14-24-21)29-19-6-4-18(5-7-19)26-8-10-28-11-9-26/h14,16,18-19H,2-13H2,1H3/t16-,18-,19-/m0/s1. The highest BCUT2D eigenvalue weighted by molar-refractivity contribution is 5.85. The summed E-state index contributed by atoms with van der Waals surface area (Å²) in [5.41, 5.74) is 4.93. The number of aromatic nitrogens is 2. The van der Waals surface area contributed by atoms with Crippen molar-refractivity contribution in [3.05, 3.63) is 23.2 Å². The van der Waals surface area contributed by atoms with Crippen molar-refractivity contribution in [3.63, 3.8) is 0 Å². The van der Waals surface area contributed by atoms with Gasteiger partial charge >= 0.3 is 0 Å². The Bertz CT molecular complexity index is 808. The third kappa shape index (κ3) is 3.84. The number of Topliss-reactive ketones (excluding diaryl/α,β-unsaturated/α-hetero) is 1. The van der Waals surface area contributed by atoms with Crippen molar-refractivity contribution in [2.24, 2.45) is 5.92 Å². The van der Waals surface area contributed by atoms with Gasteiger partial charge in [0.05, 0.1) is 24.5 Å². The van der Waals surface area contributed by atoms with Gasteiger partial charge in [0.15, 0.2) is 0 Å². The molecule has 29 heavy (non-hydrogen) atoms. The van der Waals surface area contributed by atoms with Gasteiger partial charge in [-0.05, 0) is 57.4 Å². The first-order chi connectivity index (χ1) is 14.2. The molecule has 5 rings (SSSR count). The number of carbonyl (C=O) groups is 1. The van der Waals surface area contributed by atoms with Gasteiger partial charge in [-0.2, -0.15) is 0 Å². The van der Waals surface area contributed by atoms with Crippen LogP contribution in [-0.2, 0) is 16.0 Å². The molecule has 3 aliphatic carbocycles. The number of fused-ring (bicyclic) bond motifs is 2. The van der Waals surface area contributed by atoms with E-state index in [1.54, 1.807) is 13.3 Å². The van der Waals surface area contributed by atoms with E-state index in [9.17, 15) is 4.79 Å². The van der Waals surface area contributed by atoms with E-state index in [0.717, 1.165) is 82.0 Å². The second-order valence-corrected chi connectivity index (χ2v) is 9.01. The maximum absolute atomic E-state index is 12.0. The molecule has 1 aliphatic heterocycles. The normalized spacial score (nSPS) is 30.0. The summed E-state index contributed by atoms with van der Waals surface area (Å²) in [6.45, 7) is 5.57. The molecule has 0 aromatic carbocycles. The van der Waals surface area contributed by atoms with Crippen molar-refractivity contribution in [3.8, 4) is 5.88 Å². The van der Waals surface area contributed by atoms with E-state index in [2.05, 4.69) is 14.9 Å². The molecule has 0 radical (unpaired) electrons. The molecule has 156 valence electrons. The highest BCUT2D eigenvalue weighted by atomic mass is 16.5. The zero-order chi connectivity index (χ0) is 19.8. The Morgan fingerprint density at radius 2 is 1.93 bits per heavy atom. The van der Waals surface area contributed by atoms with Gasteiger partial charge in [0, 0.05) is 31.5 Å². The molecule has 1 saturated heterocycles. The molecule has 1 saturated carbocycles. The molecule has 0 N–H and O–H groups in total. The van der Waals surface area contributed by atoms with Crippen LogP contribution in [0.25, 0.3) is 5.57 Å². The summed E-state index contributed by atoms with van der Waals surface area (Å²) in [6, 6.07) is 0.666. The minimum atomic E-state index is 0.136. The molecule has 6 heteroatoms. The van der Waals surface area contributed by atoms with Gasteiger partial charge in [0.25, 0.3) is 0 Å². The molecule has 0 unspecified atom stereocenters. The molecule has 4 aliphatic rings. The summed E-state index contributed by atoms with van der Waals surface area (Å²) in [4.78, 5) is 23.6. The third-order valence-corrected chi connectivity index (χ3v) is 7.30. The van der Waals surface area contributed by atoms with Crippen LogP contribution >= 0.6 is 0 Å². The Kier molecular flexibility index (Phi) is 5.39. The molecule has 0 amide bonds. The molecular weight excluding hydrogens is 366 g/mol. The fraction of sp³-hybridized carbons (Fsp3) is 0.696. The van der Waals surface area contributed by atoms with Crippen molar-refractivity contribution < 1.29 is 14.3 Å². The van der Waals surface area contributed by atoms with Gasteiger partial charge in [0.1, 0.15) is 18.2 Å². The molecule has 0 bridgehead atoms. The molecule has 6 nitrogen and oxygen atoms in total. The lowest BCUT2D eigenvalue weighted by molar-refractivity contribution is -0.120. The first-order valence-corrected chi connectivity index (χ1v) is 11.2. The molecule has 0 spiro atoms. The van der Waals surface area contributed by atoms with Crippen LogP contribution < -0.4 is 4.74 Å². The molecule has 2 fully saturated rings. The van der Waals surface area contributed by atoms with Crippen LogP contribution in [0.3, 0.4) is 0 Å². The van der Waals surface area contributed by atoms with Crippen molar-refractivity contribution >= 4 is 11.4 Å². The van der Waals surface area contributed by atoms with Crippen molar-refractivity contribution in [1.29, 1.82) is 0 Å². The zero-order valence-electron chi connectivity index (χ0n) is 17.4. The number of morpholine rings is 1. The minimum Gasteiger partial charge on any atom is -0.474 e. The number of ether oxygens (including phenoxy) is 2. The van der Waals surface area contributed by atoms with Gasteiger partial charge in [-0.3, -0.25) is 9.69 Å². The minimum absolute atomic E-state index is 0.136. The van der Waals surface area contributed by atoms with Crippen LogP contribution in [0.1, 0.15) is 63.1 Å². The van der Waals surface area contributed by atoms with E-state index in [-0.39, 0.29) is 12.0 Å².